The van der Waals surface area contributed by atoms with Crippen LogP contribution >= 0.6 is 31.9 Å². The van der Waals surface area contributed by atoms with E-state index < -0.39 is 0 Å². The van der Waals surface area contributed by atoms with Crippen LogP contribution in [0.2, 0.25) is 0 Å². The number of aryl methyl sites for hydroxylation is 2. The summed E-state index contributed by atoms with van der Waals surface area (Å²) in [6, 6.07) is 4.23. The fraction of sp³-hybridized carbons (Fsp3) is 0.562. The molecule has 1 heterocycles. The Morgan fingerprint density at radius 3 is 2.38 bits per heavy atom. The summed E-state index contributed by atoms with van der Waals surface area (Å²) in [7, 11) is 3.66. The van der Waals surface area contributed by atoms with E-state index in [1.165, 1.54) is 24.8 Å². The Bertz CT molecular complexity index is 747. The monoisotopic (exact) mass is 414 g/mol. The predicted molar refractivity (Wildman–Crippen MR) is 94.0 cm³/mol. The topological polar surface area (TPSA) is 26.9 Å². The molecule has 1 saturated carbocycles. The van der Waals surface area contributed by atoms with Gasteiger partial charge in [0.1, 0.15) is 0 Å². The van der Waals surface area contributed by atoms with Crippen LogP contribution in [0.1, 0.15) is 36.6 Å². The molecule has 1 aromatic carbocycles. The molecule has 0 saturated heterocycles. The average Bonchev–Trinajstić information content (AvgIpc) is 2.97. The van der Waals surface area contributed by atoms with Crippen molar-refractivity contribution in [2.24, 2.45) is 25.9 Å². The molecule has 0 bridgehead atoms. The van der Waals surface area contributed by atoms with Gasteiger partial charge < -0.3 is 0 Å². The van der Waals surface area contributed by atoms with Crippen molar-refractivity contribution in [1.29, 1.82) is 0 Å². The smallest absolute Gasteiger partial charge is 0.295 e. The summed E-state index contributed by atoms with van der Waals surface area (Å²) in [6.07, 6.45) is 3.91. The summed E-state index contributed by atoms with van der Waals surface area (Å²) < 4.78 is 4.51. The number of imidazole rings is 1. The molecule has 0 aliphatic heterocycles. The van der Waals surface area contributed by atoms with E-state index in [1.54, 1.807) is 9.13 Å². The molecule has 3 rings (SSSR count). The summed E-state index contributed by atoms with van der Waals surface area (Å²) in [6.45, 7) is 2.34. The van der Waals surface area contributed by atoms with Crippen molar-refractivity contribution in [1.82, 2.24) is 9.13 Å². The first-order valence-electron chi connectivity index (χ1n) is 7.40. The lowest BCUT2D eigenvalue weighted by molar-refractivity contribution is 0.414. The Morgan fingerprint density at radius 1 is 1.19 bits per heavy atom. The van der Waals surface area contributed by atoms with Crippen LogP contribution in [0.25, 0.3) is 11.0 Å². The fourth-order valence-electron chi connectivity index (χ4n) is 3.59. The molecule has 1 aliphatic rings. The average molecular weight is 416 g/mol. The van der Waals surface area contributed by atoms with E-state index in [4.69, 9.17) is 0 Å². The molecule has 1 aliphatic carbocycles. The van der Waals surface area contributed by atoms with E-state index in [9.17, 15) is 4.79 Å². The van der Waals surface area contributed by atoms with Gasteiger partial charge in [-0.05, 0) is 36.0 Å². The van der Waals surface area contributed by atoms with Crippen molar-refractivity contribution in [3.05, 3.63) is 32.7 Å². The number of aromatic nitrogens is 2. The summed E-state index contributed by atoms with van der Waals surface area (Å²) in [5.74, 6) is 1.41. The zero-order valence-electron chi connectivity index (χ0n) is 12.6. The van der Waals surface area contributed by atoms with Crippen LogP contribution in [0.5, 0.6) is 0 Å². The zero-order valence-corrected chi connectivity index (χ0v) is 15.7. The normalized spacial score (nSPS) is 23.9. The van der Waals surface area contributed by atoms with Gasteiger partial charge in [-0.2, -0.15) is 0 Å². The van der Waals surface area contributed by atoms with E-state index in [-0.39, 0.29) is 5.69 Å². The van der Waals surface area contributed by atoms with E-state index in [0.29, 0.717) is 10.7 Å². The van der Waals surface area contributed by atoms with Crippen molar-refractivity contribution < 1.29 is 0 Å². The van der Waals surface area contributed by atoms with E-state index in [2.05, 4.69) is 50.9 Å². The van der Waals surface area contributed by atoms with Crippen LogP contribution in [0, 0.1) is 11.8 Å². The second-order valence-electron chi connectivity index (χ2n) is 6.24. The molecule has 0 N–H and O–H groups in total. The lowest BCUT2D eigenvalue weighted by Crippen LogP contribution is -2.19. The molecule has 114 valence electrons. The Morgan fingerprint density at radius 2 is 1.81 bits per heavy atom. The largest absolute Gasteiger partial charge is 0.328 e. The molecule has 3 nitrogen and oxygen atoms in total. The van der Waals surface area contributed by atoms with Crippen molar-refractivity contribution >= 4 is 42.9 Å². The predicted octanol–water partition coefficient (Wildman–Crippen LogP) is 4.51. The molecule has 3 unspecified atom stereocenters. The summed E-state index contributed by atoms with van der Waals surface area (Å²) in [4.78, 5) is 12.4. The number of hydrogen-bond donors (Lipinski definition) is 0. The molecular formula is C16H20Br2N2O. The summed E-state index contributed by atoms with van der Waals surface area (Å²) in [5, 5.41) is 0. The summed E-state index contributed by atoms with van der Waals surface area (Å²) >= 11 is 7.61. The highest BCUT2D eigenvalue weighted by molar-refractivity contribution is 9.11. The molecule has 0 radical (unpaired) electrons. The number of fused-ring (bicyclic) bond motifs is 1. The van der Waals surface area contributed by atoms with Crippen LogP contribution in [-0.4, -0.2) is 9.13 Å². The van der Waals surface area contributed by atoms with Crippen LogP contribution in [-0.2, 0) is 14.1 Å². The fourth-order valence-corrected chi connectivity index (χ4v) is 5.64. The second-order valence-corrected chi connectivity index (χ2v) is 8.08. The van der Waals surface area contributed by atoms with Crippen LogP contribution < -0.4 is 5.69 Å². The van der Waals surface area contributed by atoms with Crippen LogP contribution in [0.15, 0.2) is 21.4 Å². The van der Waals surface area contributed by atoms with Gasteiger partial charge in [0.15, 0.2) is 0 Å². The first-order chi connectivity index (χ1) is 9.91. The summed E-state index contributed by atoms with van der Waals surface area (Å²) in [5.41, 5.74) is 3.24. The Hall–Kier alpha value is -0.550. The van der Waals surface area contributed by atoms with Crippen molar-refractivity contribution in [3.63, 3.8) is 0 Å². The minimum Gasteiger partial charge on any atom is -0.295 e. The molecule has 1 aromatic heterocycles. The van der Waals surface area contributed by atoms with Gasteiger partial charge in [0, 0.05) is 23.4 Å². The molecule has 1 fully saturated rings. The number of nitrogens with zero attached hydrogens (tertiary/aromatic N) is 2. The van der Waals surface area contributed by atoms with Crippen LogP contribution in [0.4, 0.5) is 0 Å². The number of rotatable bonds is 2. The molecular weight excluding hydrogens is 396 g/mol. The molecule has 3 atom stereocenters. The minimum absolute atomic E-state index is 0.0226. The van der Waals surface area contributed by atoms with E-state index in [1.807, 2.05) is 14.1 Å². The van der Waals surface area contributed by atoms with E-state index in [0.717, 1.165) is 21.4 Å². The SMILES string of the molecule is CC1CCCC1C(Br)c1cc2c(cc1Br)n(C)c(=O)n2C. The van der Waals surface area contributed by atoms with E-state index >= 15 is 0 Å². The number of benzene rings is 1. The first kappa shape index (κ1) is 15.3. The highest BCUT2D eigenvalue weighted by Gasteiger charge is 2.31. The Balaban J connectivity index is 2.13. The van der Waals surface area contributed by atoms with Crippen molar-refractivity contribution in [2.45, 2.75) is 31.0 Å². The Kier molecular flexibility index (Phi) is 4.08. The van der Waals surface area contributed by atoms with Gasteiger partial charge in [-0.15, -0.1) is 0 Å². The third kappa shape index (κ3) is 2.42. The van der Waals surface area contributed by atoms with Gasteiger partial charge >= 0.3 is 5.69 Å². The van der Waals surface area contributed by atoms with Crippen molar-refractivity contribution in [3.8, 4) is 0 Å². The third-order valence-electron chi connectivity index (χ3n) is 4.99. The van der Waals surface area contributed by atoms with Crippen LogP contribution in [0.3, 0.4) is 0 Å². The number of alkyl halides is 1. The van der Waals surface area contributed by atoms with Gasteiger partial charge in [-0.25, -0.2) is 4.79 Å². The lowest BCUT2D eigenvalue weighted by atomic mass is 9.90. The number of halogens is 2. The molecule has 5 heteroatoms. The molecule has 2 aromatic rings. The minimum atomic E-state index is 0.0226. The quantitative estimate of drug-likeness (QED) is 0.662. The maximum absolute atomic E-state index is 12.1. The lowest BCUT2D eigenvalue weighted by Gasteiger charge is -2.23. The maximum atomic E-state index is 12.1. The molecule has 0 spiro atoms. The van der Waals surface area contributed by atoms with Gasteiger partial charge in [0.25, 0.3) is 0 Å². The van der Waals surface area contributed by atoms with Gasteiger partial charge in [0.05, 0.1) is 11.0 Å². The zero-order chi connectivity index (χ0) is 15.3. The third-order valence-corrected chi connectivity index (χ3v) is 6.85. The second kappa shape index (κ2) is 5.58. The maximum Gasteiger partial charge on any atom is 0.328 e. The highest BCUT2D eigenvalue weighted by Crippen LogP contribution is 2.46. The molecule has 0 amide bonds. The first-order valence-corrected chi connectivity index (χ1v) is 9.11. The standard InChI is InChI=1S/C16H20Br2N2O/c1-9-5-4-6-10(9)15(18)11-7-13-14(8-12(11)17)20(3)16(21)19(13)2/h7-10,15H,4-6H2,1-3H3. The number of hydrogen-bond acceptors (Lipinski definition) is 1. The van der Waals surface area contributed by atoms with Crippen molar-refractivity contribution in [2.75, 3.05) is 0 Å². The van der Waals surface area contributed by atoms with Gasteiger partial charge in [-0.3, -0.25) is 9.13 Å². The molecule has 21 heavy (non-hydrogen) atoms. The van der Waals surface area contributed by atoms with Gasteiger partial charge in [-0.1, -0.05) is 51.6 Å². The highest BCUT2D eigenvalue weighted by atomic mass is 79.9. The van der Waals surface area contributed by atoms with Gasteiger partial charge in [0.2, 0.25) is 0 Å². The Labute approximate surface area is 141 Å².